The number of nitro benzene ring substituents is 1. The van der Waals surface area contributed by atoms with Gasteiger partial charge in [-0.3, -0.25) is 14.9 Å². The van der Waals surface area contributed by atoms with Crippen LogP contribution < -0.4 is 14.7 Å². The number of nitro groups is 1. The number of benzene rings is 2. The summed E-state index contributed by atoms with van der Waals surface area (Å²) in [7, 11) is 0. The van der Waals surface area contributed by atoms with Crippen LogP contribution in [-0.2, 0) is 4.79 Å². The fourth-order valence-corrected chi connectivity index (χ4v) is 4.87. The van der Waals surface area contributed by atoms with Gasteiger partial charge in [0.1, 0.15) is 5.02 Å². The van der Waals surface area contributed by atoms with Gasteiger partial charge in [0.2, 0.25) is 5.91 Å². The van der Waals surface area contributed by atoms with Gasteiger partial charge in [-0.05, 0) is 30.7 Å². The van der Waals surface area contributed by atoms with Gasteiger partial charge in [-0.1, -0.05) is 53.5 Å². The molecule has 4 rings (SSSR count). The standard InChI is InChI=1S/C22H20ClN5O4S/c1-3-4-11-33-22-24-20(30)19-15-7-5-6-8-17(15)26(13(2)29)21(27(19)25-22)14-9-10-16(23)18(12-14)28(31)32/h5-10,12,21H,3-4,11H2,1-2H3. The minimum Gasteiger partial charge on any atom is -0.854 e. The number of anilines is 1. The lowest BCUT2D eigenvalue weighted by Crippen LogP contribution is -2.58. The molecule has 0 aliphatic carbocycles. The maximum Gasteiger partial charge on any atom is 0.293 e. The van der Waals surface area contributed by atoms with Gasteiger partial charge in [0.15, 0.2) is 0 Å². The molecule has 0 saturated heterocycles. The Labute approximate surface area is 199 Å². The lowest BCUT2D eigenvalue weighted by molar-refractivity contribution is -0.764. The van der Waals surface area contributed by atoms with Gasteiger partial charge < -0.3 is 5.11 Å². The van der Waals surface area contributed by atoms with Crippen LogP contribution in [0.3, 0.4) is 0 Å². The summed E-state index contributed by atoms with van der Waals surface area (Å²) in [6.07, 6.45) is 0.987. The van der Waals surface area contributed by atoms with Crippen molar-refractivity contribution in [3.8, 4) is 17.1 Å². The highest BCUT2D eigenvalue weighted by atomic mass is 35.5. The van der Waals surface area contributed by atoms with Crippen molar-refractivity contribution in [2.75, 3.05) is 10.7 Å². The fraction of sp³-hybridized carbons (Fsp3) is 0.273. The number of hydrogen-bond acceptors (Lipinski definition) is 7. The van der Waals surface area contributed by atoms with Crippen molar-refractivity contribution in [1.29, 1.82) is 0 Å². The van der Waals surface area contributed by atoms with Crippen molar-refractivity contribution in [3.63, 3.8) is 0 Å². The maximum absolute atomic E-state index is 13.1. The van der Waals surface area contributed by atoms with Crippen molar-refractivity contribution in [3.05, 3.63) is 63.2 Å². The monoisotopic (exact) mass is 485 g/mol. The molecule has 0 radical (unpaired) electrons. The molecule has 9 nitrogen and oxygen atoms in total. The molecule has 0 saturated carbocycles. The Morgan fingerprint density at radius 1 is 1.30 bits per heavy atom. The summed E-state index contributed by atoms with van der Waals surface area (Å²) in [6, 6.07) is 11.3. The van der Waals surface area contributed by atoms with Crippen molar-refractivity contribution < 1.29 is 19.5 Å². The highest BCUT2D eigenvalue weighted by Gasteiger charge is 2.44. The van der Waals surface area contributed by atoms with E-state index in [1.807, 2.05) is 0 Å². The third-order valence-electron chi connectivity index (χ3n) is 5.25. The number of carbonyl (C=O) groups is 1. The first-order chi connectivity index (χ1) is 15.8. The van der Waals surface area contributed by atoms with Crippen molar-refractivity contribution >= 4 is 40.6 Å². The minimum atomic E-state index is -0.926. The number of thioether (sulfide) groups is 1. The SMILES string of the molecule is CCCCSc1nc([O-])c2[n+](n1)C(c1ccc(Cl)c([N+](=O)[O-])c1)N(C(C)=O)c1ccccc1-2. The van der Waals surface area contributed by atoms with Gasteiger partial charge in [0.05, 0.1) is 27.6 Å². The molecule has 0 N–H and O–H groups in total. The molecule has 1 aliphatic heterocycles. The van der Waals surface area contributed by atoms with Crippen LogP contribution in [0.25, 0.3) is 11.3 Å². The number of carbonyl (C=O) groups excluding carboxylic acids is 1. The molecular weight excluding hydrogens is 466 g/mol. The summed E-state index contributed by atoms with van der Waals surface area (Å²) in [5.74, 6) is -0.0538. The summed E-state index contributed by atoms with van der Waals surface area (Å²) < 4.78 is 1.44. The van der Waals surface area contributed by atoms with E-state index in [1.54, 1.807) is 30.3 Å². The van der Waals surface area contributed by atoms with E-state index in [-0.39, 0.29) is 27.5 Å². The molecule has 33 heavy (non-hydrogen) atoms. The zero-order chi connectivity index (χ0) is 23.7. The summed E-state index contributed by atoms with van der Waals surface area (Å²) in [6.45, 7) is 3.46. The first kappa shape index (κ1) is 22.9. The van der Waals surface area contributed by atoms with Crippen LogP contribution in [0, 0.1) is 10.1 Å². The molecule has 1 aromatic heterocycles. The smallest absolute Gasteiger partial charge is 0.293 e. The normalized spacial score (nSPS) is 14.5. The molecule has 1 unspecified atom stereocenters. The van der Waals surface area contributed by atoms with Crippen LogP contribution in [0.5, 0.6) is 5.88 Å². The quantitative estimate of drug-likeness (QED) is 0.171. The molecule has 1 aliphatic rings. The van der Waals surface area contributed by atoms with E-state index >= 15 is 0 Å². The molecule has 1 atom stereocenters. The molecule has 1 amide bonds. The Balaban J connectivity index is 1.98. The van der Waals surface area contributed by atoms with Gasteiger partial charge in [-0.25, -0.2) is 9.88 Å². The van der Waals surface area contributed by atoms with Gasteiger partial charge in [-0.15, -0.1) is 0 Å². The molecule has 2 aromatic carbocycles. The highest BCUT2D eigenvalue weighted by molar-refractivity contribution is 7.99. The Morgan fingerprint density at radius 2 is 2.06 bits per heavy atom. The average Bonchev–Trinajstić information content (AvgIpc) is 2.78. The molecule has 2 heterocycles. The Morgan fingerprint density at radius 3 is 2.76 bits per heavy atom. The summed E-state index contributed by atoms with van der Waals surface area (Å²) in [4.78, 5) is 29.4. The first-order valence-electron chi connectivity index (χ1n) is 10.3. The number of halogens is 1. The zero-order valence-corrected chi connectivity index (χ0v) is 19.5. The summed E-state index contributed by atoms with van der Waals surface area (Å²) in [5, 5.41) is 29.5. The predicted octanol–water partition coefficient (Wildman–Crippen LogP) is 3.87. The molecule has 0 fully saturated rings. The number of fused-ring (bicyclic) bond motifs is 3. The third kappa shape index (κ3) is 4.23. The lowest BCUT2D eigenvalue weighted by atomic mass is 10.0. The number of rotatable bonds is 6. The summed E-state index contributed by atoms with van der Waals surface area (Å²) in [5.41, 5.74) is 1.32. The topological polar surface area (TPSA) is 116 Å². The van der Waals surface area contributed by atoms with Crippen LogP contribution in [-0.4, -0.2) is 26.7 Å². The van der Waals surface area contributed by atoms with Crippen LogP contribution in [0.2, 0.25) is 5.02 Å². The van der Waals surface area contributed by atoms with Crippen LogP contribution in [0.1, 0.15) is 38.4 Å². The Bertz CT molecular complexity index is 1260. The predicted molar refractivity (Wildman–Crippen MR) is 122 cm³/mol. The number of unbranched alkanes of at least 4 members (excludes halogenated alkanes) is 1. The largest absolute Gasteiger partial charge is 0.854 e. The van der Waals surface area contributed by atoms with Crippen LogP contribution in [0.4, 0.5) is 11.4 Å². The van der Waals surface area contributed by atoms with Crippen LogP contribution in [0.15, 0.2) is 47.6 Å². The second-order valence-corrected chi connectivity index (χ2v) is 8.91. The van der Waals surface area contributed by atoms with E-state index in [1.165, 1.54) is 40.4 Å². The number of aromatic nitrogens is 3. The minimum absolute atomic E-state index is 0.0254. The van der Waals surface area contributed by atoms with Gasteiger partial charge >= 0.3 is 0 Å². The van der Waals surface area contributed by atoms with Crippen molar-refractivity contribution in [2.24, 2.45) is 0 Å². The second kappa shape index (κ2) is 9.32. The molecule has 0 bridgehead atoms. The lowest BCUT2D eigenvalue weighted by Gasteiger charge is -2.32. The second-order valence-electron chi connectivity index (χ2n) is 7.44. The molecular formula is C22H20ClN5O4S. The molecule has 3 aromatic rings. The van der Waals surface area contributed by atoms with E-state index in [9.17, 15) is 20.0 Å². The number of para-hydroxylation sites is 1. The average molecular weight is 486 g/mol. The van der Waals surface area contributed by atoms with E-state index in [0.717, 1.165) is 18.6 Å². The van der Waals surface area contributed by atoms with Gasteiger partial charge in [0.25, 0.3) is 22.7 Å². The van der Waals surface area contributed by atoms with E-state index in [4.69, 9.17) is 11.6 Å². The van der Waals surface area contributed by atoms with Crippen molar-refractivity contribution in [1.82, 2.24) is 10.1 Å². The first-order valence-corrected chi connectivity index (χ1v) is 11.7. The number of amides is 1. The van der Waals surface area contributed by atoms with E-state index < -0.39 is 17.0 Å². The fourth-order valence-electron chi connectivity index (χ4n) is 3.77. The molecule has 11 heteroatoms. The van der Waals surface area contributed by atoms with Gasteiger partial charge in [-0.2, -0.15) is 0 Å². The van der Waals surface area contributed by atoms with E-state index in [0.29, 0.717) is 16.8 Å². The molecule has 0 spiro atoms. The van der Waals surface area contributed by atoms with E-state index in [2.05, 4.69) is 17.0 Å². The Kier molecular flexibility index (Phi) is 6.48. The molecule has 170 valence electrons. The maximum atomic E-state index is 13.1. The highest BCUT2D eigenvalue weighted by Crippen LogP contribution is 2.41. The number of nitrogens with zero attached hydrogens (tertiary/aromatic N) is 5. The summed E-state index contributed by atoms with van der Waals surface area (Å²) >= 11 is 7.38. The Hall–Kier alpha value is -3.24. The van der Waals surface area contributed by atoms with Crippen molar-refractivity contribution in [2.45, 2.75) is 38.0 Å². The van der Waals surface area contributed by atoms with Gasteiger partial charge in [0, 0.05) is 23.8 Å². The number of hydrogen-bond donors (Lipinski definition) is 0. The zero-order valence-electron chi connectivity index (χ0n) is 17.9. The van der Waals surface area contributed by atoms with Crippen LogP contribution >= 0.6 is 23.4 Å². The third-order valence-corrected chi connectivity index (χ3v) is 6.49.